The number of rotatable bonds is 9. The highest BCUT2D eigenvalue weighted by Gasteiger charge is 2.36. The van der Waals surface area contributed by atoms with Crippen molar-refractivity contribution in [1.82, 2.24) is 10.2 Å². The second-order valence-electron chi connectivity index (χ2n) is 9.62. The van der Waals surface area contributed by atoms with Crippen molar-refractivity contribution in [3.63, 3.8) is 0 Å². The van der Waals surface area contributed by atoms with E-state index in [4.69, 9.17) is 4.74 Å². The molecule has 1 saturated carbocycles. The Morgan fingerprint density at radius 3 is 2.29 bits per heavy atom. The van der Waals surface area contributed by atoms with Gasteiger partial charge in [0.15, 0.2) is 0 Å². The standard InChI is InChI=1S/C28H34N2O5/c1-3-30(16-18(2)27(32)33)26(31)20-14-8-9-19(20)15-29-28(34)35-17-25-23-12-6-4-10-21(23)22-11-5-7-13-24(22)25/h4-7,10-13,18-20,25H,3,8-9,14-17H2,1-2H3,(H,29,34)(H,32,33). The van der Waals surface area contributed by atoms with Gasteiger partial charge in [-0.1, -0.05) is 61.9 Å². The smallest absolute Gasteiger partial charge is 0.407 e. The van der Waals surface area contributed by atoms with Gasteiger partial charge >= 0.3 is 12.1 Å². The summed E-state index contributed by atoms with van der Waals surface area (Å²) in [5, 5.41) is 12.1. The van der Waals surface area contributed by atoms with Gasteiger partial charge in [-0.15, -0.1) is 0 Å². The second kappa shape index (κ2) is 10.9. The number of carboxylic acid groups (broad SMARTS) is 1. The van der Waals surface area contributed by atoms with Crippen molar-refractivity contribution in [1.29, 1.82) is 0 Å². The third kappa shape index (κ3) is 5.34. The SMILES string of the molecule is CCN(CC(C)C(=O)O)C(=O)C1CCCC1CNC(=O)OCC1c2ccccc2-c2ccccc21. The Bertz CT molecular complexity index is 1040. The molecule has 0 heterocycles. The van der Waals surface area contributed by atoms with E-state index in [1.807, 2.05) is 31.2 Å². The quantitative estimate of drug-likeness (QED) is 0.553. The lowest BCUT2D eigenvalue weighted by Crippen LogP contribution is -2.43. The van der Waals surface area contributed by atoms with Crippen molar-refractivity contribution in [2.24, 2.45) is 17.8 Å². The summed E-state index contributed by atoms with van der Waals surface area (Å²) in [5.41, 5.74) is 4.70. The summed E-state index contributed by atoms with van der Waals surface area (Å²) >= 11 is 0. The van der Waals surface area contributed by atoms with Crippen LogP contribution in [0.2, 0.25) is 0 Å². The molecule has 0 spiro atoms. The van der Waals surface area contributed by atoms with Gasteiger partial charge in [-0.25, -0.2) is 4.79 Å². The van der Waals surface area contributed by atoms with E-state index in [0.29, 0.717) is 13.1 Å². The molecule has 2 amide bonds. The number of hydrogen-bond donors (Lipinski definition) is 2. The minimum Gasteiger partial charge on any atom is -0.481 e. The number of nitrogens with one attached hydrogen (secondary N) is 1. The first-order chi connectivity index (χ1) is 16.9. The lowest BCUT2D eigenvalue weighted by atomic mass is 9.94. The second-order valence-corrected chi connectivity index (χ2v) is 9.62. The number of aliphatic carboxylic acids is 1. The maximum atomic E-state index is 13.1. The summed E-state index contributed by atoms with van der Waals surface area (Å²) in [4.78, 5) is 38.5. The number of carbonyl (C=O) groups excluding carboxylic acids is 2. The highest BCUT2D eigenvalue weighted by Crippen LogP contribution is 2.44. The topological polar surface area (TPSA) is 95.9 Å². The average Bonchev–Trinajstić information content (AvgIpc) is 3.46. The van der Waals surface area contributed by atoms with Crippen LogP contribution in [0.3, 0.4) is 0 Å². The van der Waals surface area contributed by atoms with Crippen LogP contribution in [0.25, 0.3) is 11.1 Å². The summed E-state index contributed by atoms with van der Waals surface area (Å²) in [7, 11) is 0. The fourth-order valence-electron chi connectivity index (χ4n) is 5.49. The molecule has 4 rings (SSSR count). The van der Waals surface area contributed by atoms with Crippen molar-refractivity contribution in [3.8, 4) is 11.1 Å². The van der Waals surface area contributed by atoms with E-state index in [0.717, 1.165) is 30.4 Å². The molecule has 0 aliphatic heterocycles. The Morgan fingerprint density at radius 2 is 1.69 bits per heavy atom. The van der Waals surface area contributed by atoms with E-state index in [1.165, 1.54) is 11.1 Å². The zero-order valence-electron chi connectivity index (χ0n) is 20.4. The zero-order chi connectivity index (χ0) is 24.9. The van der Waals surface area contributed by atoms with E-state index in [1.54, 1.807) is 11.8 Å². The van der Waals surface area contributed by atoms with Gasteiger partial charge in [-0.2, -0.15) is 0 Å². The first-order valence-corrected chi connectivity index (χ1v) is 12.5. The number of alkyl carbamates (subject to hydrolysis) is 1. The minimum absolute atomic E-state index is 0.00305. The molecule has 2 aliphatic carbocycles. The van der Waals surface area contributed by atoms with E-state index >= 15 is 0 Å². The largest absolute Gasteiger partial charge is 0.481 e. The number of hydrogen-bond acceptors (Lipinski definition) is 4. The Kier molecular flexibility index (Phi) is 7.73. The molecule has 0 aromatic heterocycles. The first kappa shape index (κ1) is 24.8. The molecule has 2 aliphatic rings. The predicted octanol–water partition coefficient (Wildman–Crippen LogP) is 4.51. The Hall–Kier alpha value is -3.35. The summed E-state index contributed by atoms with van der Waals surface area (Å²) in [6, 6.07) is 16.4. The Morgan fingerprint density at radius 1 is 1.06 bits per heavy atom. The summed E-state index contributed by atoms with van der Waals surface area (Å²) in [6.45, 7) is 4.78. The summed E-state index contributed by atoms with van der Waals surface area (Å²) in [6.07, 6.45) is 2.05. The van der Waals surface area contributed by atoms with Gasteiger partial charge in [0, 0.05) is 31.5 Å². The molecule has 186 valence electrons. The van der Waals surface area contributed by atoms with Crippen LogP contribution in [-0.4, -0.2) is 54.2 Å². The molecular weight excluding hydrogens is 444 g/mol. The Balaban J connectivity index is 1.32. The summed E-state index contributed by atoms with van der Waals surface area (Å²) in [5.74, 6) is -1.71. The normalized spacial score (nSPS) is 19.5. The predicted molar refractivity (Wildman–Crippen MR) is 133 cm³/mol. The molecule has 0 radical (unpaired) electrons. The van der Waals surface area contributed by atoms with Crippen LogP contribution in [0.5, 0.6) is 0 Å². The van der Waals surface area contributed by atoms with Crippen LogP contribution in [0.4, 0.5) is 4.79 Å². The fraction of sp³-hybridized carbons (Fsp3) is 0.464. The van der Waals surface area contributed by atoms with Crippen molar-refractivity contribution >= 4 is 18.0 Å². The number of benzene rings is 2. The van der Waals surface area contributed by atoms with Gasteiger partial charge in [0.2, 0.25) is 5.91 Å². The number of carboxylic acids is 1. The van der Waals surface area contributed by atoms with Crippen LogP contribution in [0, 0.1) is 17.8 Å². The van der Waals surface area contributed by atoms with Crippen LogP contribution < -0.4 is 5.32 Å². The maximum absolute atomic E-state index is 13.1. The molecule has 0 saturated heterocycles. The molecule has 2 N–H and O–H groups in total. The number of ether oxygens (including phenoxy) is 1. The molecular formula is C28H34N2O5. The molecule has 2 aromatic rings. The van der Waals surface area contributed by atoms with Gasteiger partial charge in [0.25, 0.3) is 0 Å². The van der Waals surface area contributed by atoms with Gasteiger partial charge < -0.3 is 20.1 Å². The number of fused-ring (bicyclic) bond motifs is 3. The van der Waals surface area contributed by atoms with Gasteiger partial charge in [0.1, 0.15) is 6.61 Å². The lowest BCUT2D eigenvalue weighted by molar-refractivity contribution is -0.144. The van der Waals surface area contributed by atoms with Crippen LogP contribution in [0.1, 0.15) is 50.2 Å². The third-order valence-corrected chi connectivity index (χ3v) is 7.44. The minimum atomic E-state index is -0.906. The van der Waals surface area contributed by atoms with Crippen molar-refractivity contribution in [3.05, 3.63) is 59.7 Å². The van der Waals surface area contributed by atoms with Crippen molar-refractivity contribution < 1.29 is 24.2 Å². The number of amides is 2. The lowest BCUT2D eigenvalue weighted by Gasteiger charge is -2.28. The first-order valence-electron chi connectivity index (χ1n) is 12.5. The molecule has 0 bridgehead atoms. The molecule has 7 nitrogen and oxygen atoms in total. The molecule has 35 heavy (non-hydrogen) atoms. The van der Waals surface area contributed by atoms with Crippen LogP contribution in [0.15, 0.2) is 48.5 Å². The van der Waals surface area contributed by atoms with E-state index < -0.39 is 18.0 Å². The number of carbonyl (C=O) groups is 3. The van der Waals surface area contributed by atoms with Gasteiger partial charge in [0.05, 0.1) is 5.92 Å². The van der Waals surface area contributed by atoms with E-state index in [-0.39, 0.29) is 36.8 Å². The fourth-order valence-corrected chi connectivity index (χ4v) is 5.49. The van der Waals surface area contributed by atoms with Crippen molar-refractivity contribution in [2.75, 3.05) is 26.2 Å². The third-order valence-electron chi connectivity index (χ3n) is 7.44. The summed E-state index contributed by atoms with van der Waals surface area (Å²) < 4.78 is 5.63. The average molecular weight is 479 g/mol. The van der Waals surface area contributed by atoms with E-state index in [9.17, 15) is 19.5 Å². The molecule has 3 unspecified atom stereocenters. The van der Waals surface area contributed by atoms with Crippen LogP contribution >= 0.6 is 0 Å². The van der Waals surface area contributed by atoms with Crippen molar-refractivity contribution in [2.45, 2.75) is 39.0 Å². The van der Waals surface area contributed by atoms with Gasteiger partial charge in [-0.05, 0) is 47.9 Å². The monoisotopic (exact) mass is 478 g/mol. The zero-order valence-corrected chi connectivity index (χ0v) is 20.4. The number of nitrogens with zero attached hydrogens (tertiary/aromatic N) is 1. The highest BCUT2D eigenvalue weighted by atomic mass is 16.5. The Labute approximate surface area is 206 Å². The molecule has 2 aromatic carbocycles. The molecule has 3 atom stereocenters. The maximum Gasteiger partial charge on any atom is 0.407 e. The van der Waals surface area contributed by atoms with E-state index in [2.05, 4.69) is 29.6 Å². The van der Waals surface area contributed by atoms with Gasteiger partial charge in [-0.3, -0.25) is 9.59 Å². The van der Waals surface area contributed by atoms with Crippen LogP contribution in [-0.2, 0) is 14.3 Å². The molecule has 1 fully saturated rings. The highest BCUT2D eigenvalue weighted by molar-refractivity contribution is 5.81. The molecule has 7 heteroatoms.